The molecule has 0 saturated heterocycles. The van der Waals surface area contributed by atoms with Crippen molar-refractivity contribution < 1.29 is 18.7 Å². The van der Waals surface area contributed by atoms with Gasteiger partial charge < -0.3 is 23.8 Å². The Kier molecular flexibility index (Phi) is 6.78. The van der Waals surface area contributed by atoms with Crippen LogP contribution in [0.4, 0.5) is 0 Å². The molecule has 0 aliphatic carbocycles. The number of nitrogens with one attached hydrogen (secondary N) is 1. The average Bonchev–Trinajstić information content (AvgIpc) is 3.50. The molecule has 0 saturated carbocycles. The van der Waals surface area contributed by atoms with E-state index >= 15 is 0 Å². The SMILES string of the molecule is COc1ccc(-c2coc3cc(OC)c(/C(C)=C/C(=O)NCCCn4ccnc4)cc23)cc1. The second kappa shape index (κ2) is 10.1. The van der Waals surface area contributed by atoms with Gasteiger partial charge >= 0.3 is 0 Å². The van der Waals surface area contributed by atoms with Gasteiger partial charge in [0.2, 0.25) is 5.91 Å². The summed E-state index contributed by atoms with van der Waals surface area (Å²) in [6.45, 7) is 3.30. The molecule has 0 radical (unpaired) electrons. The van der Waals surface area contributed by atoms with Crippen LogP contribution in [0.25, 0.3) is 27.7 Å². The number of fused-ring (bicyclic) bond motifs is 1. The Labute approximate surface area is 192 Å². The molecule has 170 valence electrons. The first-order valence-corrected chi connectivity index (χ1v) is 10.7. The molecule has 2 aromatic heterocycles. The van der Waals surface area contributed by atoms with Crippen LogP contribution in [-0.4, -0.2) is 36.2 Å². The molecule has 2 aromatic carbocycles. The third-order valence-electron chi connectivity index (χ3n) is 5.52. The Hall–Kier alpha value is -4.00. The van der Waals surface area contributed by atoms with Crippen molar-refractivity contribution in [1.82, 2.24) is 14.9 Å². The number of nitrogens with zero attached hydrogens (tertiary/aromatic N) is 2. The first-order chi connectivity index (χ1) is 16.1. The molecule has 0 unspecified atom stereocenters. The Balaban J connectivity index is 1.54. The molecule has 0 aliphatic heterocycles. The van der Waals surface area contributed by atoms with Gasteiger partial charge in [-0.3, -0.25) is 4.79 Å². The maximum absolute atomic E-state index is 12.5. The van der Waals surface area contributed by atoms with Crippen LogP contribution < -0.4 is 14.8 Å². The zero-order chi connectivity index (χ0) is 23.2. The van der Waals surface area contributed by atoms with Gasteiger partial charge in [-0.05, 0) is 42.7 Å². The molecule has 0 spiro atoms. The van der Waals surface area contributed by atoms with Crippen molar-refractivity contribution >= 4 is 22.4 Å². The van der Waals surface area contributed by atoms with Crippen LogP contribution >= 0.6 is 0 Å². The van der Waals surface area contributed by atoms with Crippen LogP contribution in [0.15, 0.2) is 71.9 Å². The molecule has 4 rings (SSSR count). The standard InChI is InChI=1S/C26H27N3O4/c1-18(13-26(30)28-9-4-11-29-12-10-27-17-29)21-14-22-23(16-33-25(22)15-24(21)32-3)19-5-7-20(31-2)8-6-19/h5-8,10,12-17H,4,9,11H2,1-3H3,(H,28,30)/b18-13+. The number of furan rings is 1. The molecule has 7 nitrogen and oxygen atoms in total. The van der Waals surface area contributed by atoms with Gasteiger partial charge in [0.15, 0.2) is 0 Å². The van der Waals surface area contributed by atoms with Gasteiger partial charge in [-0.2, -0.15) is 0 Å². The van der Waals surface area contributed by atoms with Gasteiger partial charge in [0.25, 0.3) is 0 Å². The first kappa shape index (κ1) is 22.2. The topological polar surface area (TPSA) is 78.5 Å². The summed E-state index contributed by atoms with van der Waals surface area (Å²) in [7, 11) is 3.26. The highest BCUT2D eigenvalue weighted by Gasteiger charge is 2.15. The number of carbonyl (C=O) groups excluding carboxylic acids is 1. The molecule has 0 bridgehead atoms. The molecule has 0 atom stereocenters. The predicted octanol–water partition coefficient (Wildman–Crippen LogP) is 4.92. The Morgan fingerprint density at radius 2 is 2.00 bits per heavy atom. The predicted molar refractivity (Wildman–Crippen MR) is 128 cm³/mol. The average molecular weight is 446 g/mol. The summed E-state index contributed by atoms with van der Waals surface area (Å²) in [5.41, 5.74) is 4.35. The zero-order valence-electron chi connectivity index (χ0n) is 19.0. The second-order valence-electron chi connectivity index (χ2n) is 7.70. The Morgan fingerprint density at radius 1 is 1.18 bits per heavy atom. The summed E-state index contributed by atoms with van der Waals surface area (Å²) in [6, 6.07) is 11.7. The molecule has 4 aromatic rings. The van der Waals surface area contributed by atoms with E-state index in [1.807, 2.05) is 54.1 Å². The van der Waals surface area contributed by atoms with E-state index < -0.39 is 0 Å². The third-order valence-corrected chi connectivity index (χ3v) is 5.52. The molecule has 1 N–H and O–H groups in total. The quantitative estimate of drug-likeness (QED) is 0.292. The highest BCUT2D eigenvalue weighted by molar-refractivity contribution is 6.00. The van der Waals surface area contributed by atoms with Crippen LogP contribution in [0, 0.1) is 0 Å². The van der Waals surface area contributed by atoms with Gasteiger partial charge in [0.05, 0.1) is 26.8 Å². The van der Waals surface area contributed by atoms with E-state index in [0.717, 1.165) is 51.9 Å². The van der Waals surface area contributed by atoms with Gasteiger partial charge in [0, 0.05) is 54.1 Å². The summed E-state index contributed by atoms with van der Waals surface area (Å²) in [5.74, 6) is 1.31. The van der Waals surface area contributed by atoms with Crippen molar-refractivity contribution in [3.63, 3.8) is 0 Å². The highest BCUT2D eigenvalue weighted by atomic mass is 16.5. The van der Waals surface area contributed by atoms with E-state index in [9.17, 15) is 4.79 Å². The fourth-order valence-electron chi connectivity index (χ4n) is 3.74. The number of hydrogen-bond acceptors (Lipinski definition) is 5. The van der Waals surface area contributed by atoms with Crippen LogP contribution in [0.5, 0.6) is 11.5 Å². The maximum Gasteiger partial charge on any atom is 0.244 e. The lowest BCUT2D eigenvalue weighted by Gasteiger charge is -2.10. The zero-order valence-corrected chi connectivity index (χ0v) is 19.0. The van der Waals surface area contributed by atoms with Crippen molar-refractivity contribution in [2.24, 2.45) is 0 Å². The van der Waals surface area contributed by atoms with Crippen molar-refractivity contribution in [1.29, 1.82) is 0 Å². The summed E-state index contributed by atoms with van der Waals surface area (Å²) in [5, 5.41) is 3.89. The minimum absolute atomic E-state index is 0.136. The maximum atomic E-state index is 12.5. The first-order valence-electron chi connectivity index (χ1n) is 10.7. The molecule has 0 fully saturated rings. The van der Waals surface area contributed by atoms with Crippen LogP contribution in [0.1, 0.15) is 18.9 Å². The molecule has 33 heavy (non-hydrogen) atoms. The number of benzene rings is 2. The molecule has 7 heteroatoms. The number of hydrogen-bond donors (Lipinski definition) is 1. The number of rotatable bonds is 9. The number of aryl methyl sites for hydroxylation is 1. The number of methoxy groups -OCH3 is 2. The largest absolute Gasteiger partial charge is 0.497 e. The van der Waals surface area contributed by atoms with Crippen molar-refractivity contribution in [3.05, 3.63) is 73.0 Å². The molecule has 1 amide bonds. The van der Waals surface area contributed by atoms with Crippen LogP contribution in [-0.2, 0) is 11.3 Å². The van der Waals surface area contributed by atoms with Crippen molar-refractivity contribution in [2.45, 2.75) is 19.9 Å². The Bertz CT molecular complexity index is 1250. The number of aromatic nitrogens is 2. The minimum atomic E-state index is -0.136. The number of carbonyl (C=O) groups is 1. The van der Waals surface area contributed by atoms with Crippen LogP contribution in [0.2, 0.25) is 0 Å². The lowest BCUT2D eigenvalue weighted by molar-refractivity contribution is -0.116. The van der Waals surface area contributed by atoms with Crippen molar-refractivity contribution in [3.8, 4) is 22.6 Å². The third kappa shape index (κ3) is 5.09. The number of ether oxygens (including phenoxy) is 2. The lowest BCUT2D eigenvalue weighted by atomic mass is 9.99. The van der Waals surface area contributed by atoms with Gasteiger partial charge in [-0.1, -0.05) is 12.1 Å². The van der Waals surface area contributed by atoms with Gasteiger partial charge in [-0.15, -0.1) is 0 Å². The minimum Gasteiger partial charge on any atom is -0.497 e. The van der Waals surface area contributed by atoms with Gasteiger partial charge in [-0.25, -0.2) is 4.98 Å². The summed E-state index contributed by atoms with van der Waals surface area (Å²) < 4.78 is 18.6. The summed E-state index contributed by atoms with van der Waals surface area (Å²) in [4.78, 5) is 16.5. The molecule has 0 aliphatic rings. The van der Waals surface area contributed by atoms with E-state index in [0.29, 0.717) is 12.3 Å². The number of imidazole rings is 1. The molecular weight excluding hydrogens is 418 g/mol. The molecular formula is C26H27N3O4. The monoisotopic (exact) mass is 445 g/mol. The van der Waals surface area contributed by atoms with Gasteiger partial charge in [0.1, 0.15) is 17.1 Å². The lowest BCUT2D eigenvalue weighted by Crippen LogP contribution is -2.23. The smallest absolute Gasteiger partial charge is 0.244 e. The fraction of sp³-hybridized carbons (Fsp3) is 0.231. The molecule has 2 heterocycles. The number of allylic oxidation sites excluding steroid dienone is 1. The summed E-state index contributed by atoms with van der Waals surface area (Å²) in [6.07, 6.45) is 9.59. The normalized spacial score (nSPS) is 11.5. The van der Waals surface area contributed by atoms with E-state index in [-0.39, 0.29) is 5.91 Å². The Morgan fingerprint density at radius 3 is 2.70 bits per heavy atom. The number of amides is 1. The fourth-order valence-corrected chi connectivity index (χ4v) is 3.74. The van der Waals surface area contributed by atoms with E-state index in [2.05, 4.69) is 10.3 Å². The highest BCUT2D eigenvalue weighted by Crippen LogP contribution is 2.37. The summed E-state index contributed by atoms with van der Waals surface area (Å²) >= 11 is 0. The second-order valence-corrected chi connectivity index (χ2v) is 7.70. The van der Waals surface area contributed by atoms with Crippen LogP contribution in [0.3, 0.4) is 0 Å². The van der Waals surface area contributed by atoms with Crippen molar-refractivity contribution in [2.75, 3.05) is 20.8 Å². The van der Waals surface area contributed by atoms with E-state index in [1.165, 1.54) is 0 Å². The van der Waals surface area contributed by atoms with E-state index in [4.69, 9.17) is 13.9 Å². The van der Waals surface area contributed by atoms with E-state index in [1.54, 1.807) is 39.1 Å².